The highest BCUT2D eigenvalue weighted by molar-refractivity contribution is 6.34. The van der Waals surface area contributed by atoms with E-state index in [1.165, 1.54) is 0 Å². The largest absolute Gasteiger partial charge is 0.481 e. The van der Waals surface area contributed by atoms with Crippen LogP contribution in [-0.2, 0) is 17.9 Å². The Morgan fingerprint density at radius 2 is 1.76 bits per heavy atom. The van der Waals surface area contributed by atoms with Gasteiger partial charge in [-0.05, 0) is 75.8 Å². The van der Waals surface area contributed by atoms with Crippen LogP contribution in [0.25, 0.3) is 22.0 Å². The molecule has 2 aromatic heterocycles. The number of benzene rings is 2. The van der Waals surface area contributed by atoms with Gasteiger partial charge in [0.15, 0.2) is 0 Å². The lowest BCUT2D eigenvalue weighted by molar-refractivity contribution is -0.160. The Bertz CT molecular complexity index is 1630. The number of aliphatic carboxylic acids is 1. The Hall–Kier alpha value is -3.13. The number of pyridine rings is 1. The van der Waals surface area contributed by atoms with Crippen molar-refractivity contribution >= 4 is 40.1 Å². The van der Waals surface area contributed by atoms with Crippen molar-refractivity contribution in [2.75, 3.05) is 14.2 Å². The normalized spacial score (nSPS) is 22.0. The first kappa shape index (κ1) is 28.0. The van der Waals surface area contributed by atoms with Gasteiger partial charge in [-0.25, -0.2) is 4.98 Å². The van der Waals surface area contributed by atoms with Crippen molar-refractivity contribution in [3.8, 4) is 17.0 Å². The molecule has 0 aliphatic heterocycles. The molecule has 9 heteroatoms. The van der Waals surface area contributed by atoms with Crippen molar-refractivity contribution in [2.24, 2.45) is 5.41 Å². The Morgan fingerprint density at radius 1 is 1.07 bits per heavy atom. The molecule has 0 saturated heterocycles. The second kappa shape index (κ2) is 10.6. The van der Waals surface area contributed by atoms with Crippen LogP contribution in [0.3, 0.4) is 0 Å². The van der Waals surface area contributed by atoms with Crippen molar-refractivity contribution in [2.45, 2.75) is 64.1 Å². The average molecular weight is 594 g/mol. The molecule has 0 unspecified atom stereocenters. The van der Waals surface area contributed by atoms with Crippen molar-refractivity contribution in [1.82, 2.24) is 19.7 Å². The number of halogens is 2. The molecule has 7 nitrogen and oxygen atoms in total. The molecule has 3 aliphatic carbocycles. The number of nitrogens with zero attached hydrogens (tertiary/aromatic N) is 4. The molecule has 4 aromatic rings. The van der Waals surface area contributed by atoms with Gasteiger partial charge in [0, 0.05) is 28.6 Å². The van der Waals surface area contributed by atoms with Gasteiger partial charge in [-0.1, -0.05) is 53.5 Å². The lowest BCUT2D eigenvalue weighted by atomic mass is 9.57. The number of methoxy groups -OCH3 is 1. The number of rotatable bonds is 8. The first-order valence-electron chi connectivity index (χ1n) is 14.0. The van der Waals surface area contributed by atoms with Gasteiger partial charge in [-0.2, -0.15) is 5.10 Å². The third-order valence-electron chi connectivity index (χ3n) is 9.63. The summed E-state index contributed by atoms with van der Waals surface area (Å²) in [6.07, 6.45) is 6.73. The van der Waals surface area contributed by atoms with E-state index in [9.17, 15) is 9.90 Å². The van der Waals surface area contributed by atoms with Crippen LogP contribution in [0.1, 0.15) is 55.3 Å². The zero-order valence-corrected chi connectivity index (χ0v) is 25.1. The fraction of sp³-hybridized carbons (Fsp3) is 0.406. The molecule has 3 fully saturated rings. The molecule has 0 spiro atoms. The van der Waals surface area contributed by atoms with E-state index in [1.807, 2.05) is 54.2 Å². The summed E-state index contributed by atoms with van der Waals surface area (Å²) < 4.78 is 7.65. The van der Waals surface area contributed by atoms with E-state index in [2.05, 4.69) is 23.1 Å². The summed E-state index contributed by atoms with van der Waals surface area (Å²) in [6, 6.07) is 14.1. The summed E-state index contributed by atoms with van der Waals surface area (Å²) in [6.45, 7) is 3.02. The third kappa shape index (κ3) is 4.78. The average Bonchev–Trinajstić information content (AvgIpc) is 3.39. The van der Waals surface area contributed by atoms with Crippen LogP contribution in [0, 0.1) is 12.3 Å². The van der Waals surface area contributed by atoms with Crippen LogP contribution in [0.5, 0.6) is 5.88 Å². The van der Waals surface area contributed by atoms with Crippen molar-refractivity contribution < 1.29 is 14.6 Å². The fourth-order valence-corrected chi connectivity index (χ4v) is 7.35. The Morgan fingerprint density at radius 3 is 2.44 bits per heavy atom. The molecule has 2 aromatic carbocycles. The molecule has 214 valence electrons. The molecule has 0 radical (unpaired) electrons. The number of hydrogen-bond acceptors (Lipinski definition) is 5. The quantitative estimate of drug-likeness (QED) is 0.230. The van der Waals surface area contributed by atoms with Crippen molar-refractivity contribution in [1.29, 1.82) is 0 Å². The minimum atomic E-state index is -0.637. The molecular formula is C32H34Cl2N4O3. The first-order chi connectivity index (χ1) is 19.7. The Balaban J connectivity index is 1.25. The van der Waals surface area contributed by atoms with Gasteiger partial charge >= 0.3 is 5.97 Å². The molecule has 1 N–H and O–H groups in total. The van der Waals surface area contributed by atoms with E-state index >= 15 is 0 Å². The van der Waals surface area contributed by atoms with E-state index in [4.69, 9.17) is 32.9 Å². The molecule has 41 heavy (non-hydrogen) atoms. The summed E-state index contributed by atoms with van der Waals surface area (Å²) in [5.74, 6) is -0.0929. The highest BCUT2D eigenvalue weighted by atomic mass is 35.5. The van der Waals surface area contributed by atoms with Crippen LogP contribution in [0.2, 0.25) is 10.0 Å². The zero-order chi connectivity index (χ0) is 28.9. The molecule has 2 bridgehead atoms. The van der Waals surface area contributed by atoms with E-state index in [1.54, 1.807) is 7.11 Å². The molecular weight excluding hydrogens is 559 g/mol. The van der Waals surface area contributed by atoms with Crippen LogP contribution < -0.4 is 4.74 Å². The maximum atomic E-state index is 11.9. The molecule has 0 atom stereocenters. The number of carboxylic acid groups (broad SMARTS) is 1. The second-order valence-electron chi connectivity index (χ2n) is 11.7. The highest BCUT2D eigenvalue weighted by Gasteiger charge is 2.54. The van der Waals surface area contributed by atoms with Crippen LogP contribution in [0.4, 0.5) is 0 Å². The summed E-state index contributed by atoms with van der Waals surface area (Å²) in [7, 11) is 3.75. The van der Waals surface area contributed by atoms with Crippen LogP contribution >= 0.6 is 23.2 Å². The lowest BCUT2D eigenvalue weighted by Gasteiger charge is -2.55. The molecule has 3 saturated carbocycles. The number of fused-ring (bicyclic) bond motifs is 4. The van der Waals surface area contributed by atoms with Gasteiger partial charge in [0.2, 0.25) is 5.88 Å². The summed E-state index contributed by atoms with van der Waals surface area (Å²) in [4.78, 5) is 19.1. The fourth-order valence-electron chi connectivity index (χ4n) is 6.89. The van der Waals surface area contributed by atoms with Crippen LogP contribution in [0.15, 0.2) is 48.7 Å². The number of ether oxygens (including phenoxy) is 1. The molecule has 0 amide bonds. The molecule has 2 heterocycles. The second-order valence-corrected chi connectivity index (χ2v) is 12.5. The van der Waals surface area contributed by atoms with Crippen molar-refractivity contribution in [3.05, 3.63) is 75.5 Å². The summed E-state index contributed by atoms with van der Waals surface area (Å²) in [5, 5.41) is 16.8. The Labute approximate surface area is 250 Å². The van der Waals surface area contributed by atoms with E-state index in [-0.39, 0.29) is 5.54 Å². The molecule has 7 rings (SSSR count). The van der Waals surface area contributed by atoms with Gasteiger partial charge in [0.1, 0.15) is 0 Å². The monoisotopic (exact) mass is 592 g/mol. The third-order valence-corrected chi connectivity index (χ3v) is 10.5. The topological polar surface area (TPSA) is 80.5 Å². The van der Waals surface area contributed by atoms with Gasteiger partial charge in [-0.15, -0.1) is 0 Å². The number of carboxylic acids is 1. The number of carbonyl (C=O) groups is 1. The minimum Gasteiger partial charge on any atom is -0.481 e. The lowest BCUT2D eigenvalue weighted by Crippen LogP contribution is -2.56. The molecule has 3 aliphatic rings. The van der Waals surface area contributed by atoms with Gasteiger partial charge in [0.25, 0.3) is 0 Å². The van der Waals surface area contributed by atoms with E-state index in [0.717, 1.165) is 76.7 Å². The zero-order valence-electron chi connectivity index (χ0n) is 23.6. The SMILES string of the molecule is COc1nc(Cn2ncc3c(-c4cccc(C)c4Cl)cccc32)c(Cl)cc1CN(C)C12CCC(C(=O)O)(CC1)CC2. The van der Waals surface area contributed by atoms with Crippen LogP contribution in [-0.4, -0.2) is 50.4 Å². The predicted octanol–water partition coefficient (Wildman–Crippen LogP) is 7.38. The smallest absolute Gasteiger partial charge is 0.309 e. The van der Waals surface area contributed by atoms with Crippen molar-refractivity contribution in [3.63, 3.8) is 0 Å². The highest BCUT2D eigenvalue weighted by Crippen LogP contribution is 2.54. The Kier molecular flexibility index (Phi) is 7.25. The number of aromatic nitrogens is 3. The maximum Gasteiger partial charge on any atom is 0.309 e. The van der Waals surface area contributed by atoms with E-state index < -0.39 is 11.4 Å². The van der Waals surface area contributed by atoms with Gasteiger partial charge < -0.3 is 9.84 Å². The standard InChI is InChI=1S/C32H34Cl2N4O3/c1-20-6-4-8-23(28(20)34)22-7-5-9-27-24(22)17-35-38(27)19-26-25(33)16-21(29(36-26)41-3)18-37(2)32-13-10-31(11-14-32,12-15-32)30(39)40/h4-9,16-17H,10-15,18-19H2,1-3H3,(H,39,40). The predicted molar refractivity (Wildman–Crippen MR) is 162 cm³/mol. The number of hydrogen-bond donors (Lipinski definition) is 1. The van der Waals surface area contributed by atoms with E-state index in [0.29, 0.717) is 29.7 Å². The van der Waals surface area contributed by atoms with Gasteiger partial charge in [0.05, 0.1) is 46.5 Å². The summed E-state index contributed by atoms with van der Waals surface area (Å²) in [5.41, 5.74) is 5.07. The van der Waals surface area contributed by atoms with Gasteiger partial charge in [-0.3, -0.25) is 14.4 Å². The maximum absolute atomic E-state index is 11.9. The summed E-state index contributed by atoms with van der Waals surface area (Å²) >= 11 is 13.5. The first-order valence-corrected chi connectivity index (χ1v) is 14.8. The minimum absolute atomic E-state index is 0.000761. The number of aryl methyl sites for hydroxylation is 1.